The number of alkyl halides is 2. The fraction of sp³-hybridized carbons (Fsp3) is 0.696. The maximum atomic E-state index is 14.6. The number of piperidine rings is 1. The average molecular weight is 512 g/mol. The molecule has 4 aliphatic rings. The van der Waals surface area contributed by atoms with Crippen molar-refractivity contribution in [2.45, 2.75) is 50.9 Å². The Morgan fingerprint density at radius 3 is 2.66 bits per heavy atom. The van der Waals surface area contributed by atoms with Gasteiger partial charge in [-0.15, -0.1) is 0 Å². The van der Waals surface area contributed by atoms with Gasteiger partial charge in [-0.25, -0.2) is 13.8 Å². The summed E-state index contributed by atoms with van der Waals surface area (Å²) in [6.07, 6.45) is 5.66. The van der Waals surface area contributed by atoms with Gasteiger partial charge in [0.2, 0.25) is 5.91 Å². The third-order valence-electron chi connectivity index (χ3n) is 8.81. The van der Waals surface area contributed by atoms with Crippen molar-refractivity contribution in [2.24, 2.45) is 34.5 Å². The van der Waals surface area contributed by atoms with Gasteiger partial charge in [0.05, 0.1) is 29.8 Å². The molecule has 174 valence electrons. The average Bonchev–Trinajstić information content (AvgIpc) is 3.41. The molecule has 2 bridgehead atoms. The molecule has 4 fully saturated rings. The third kappa shape index (κ3) is 3.30. The van der Waals surface area contributed by atoms with Gasteiger partial charge in [-0.2, -0.15) is 0 Å². The molecule has 5 atom stereocenters. The van der Waals surface area contributed by atoms with Crippen LogP contribution in [0, 0.1) is 34.5 Å². The first-order chi connectivity index (χ1) is 15.2. The molecule has 3 aliphatic carbocycles. The minimum absolute atomic E-state index is 0.0488. The van der Waals surface area contributed by atoms with Crippen molar-refractivity contribution in [1.29, 1.82) is 0 Å². The monoisotopic (exact) mass is 511 g/mol. The van der Waals surface area contributed by atoms with E-state index >= 15 is 0 Å². The Hall–Kier alpha value is -1.61. The highest BCUT2D eigenvalue weighted by Gasteiger charge is 2.77. The zero-order chi connectivity index (χ0) is 22.7. The van der Waals surface area contributed by atoms with Gasteiger partial charge >= 0.3 is 5.97 Å². The van der Waals surface area contributed by atoms with Gasteiger partial charge in [-0.3, -0.25) is 9.59 Å². The second-order valence-electron chi connectivity index (χ2n) is 10.1. The van der Waals surface area contributed by atoms with E-state index in [1.807, 2.05) is 0 Å². The Kier molecular flexibility index (Phi) is 5.36. The first kappa shape index (κ1) is 22.2. The van der Waals surface area contributed by atoms with Gasteiger partial charge in [0.1, 0.15) is 4.60 Å². The highest BCUT2D eigenvalue weighted by molar-refractivity contribution is 9.10. The molecule has 3 N–H and O–H groups in total. The van der Waals surface area contributed by atoms with Gasteiger partial charge in [-0.1, -0.05) is 0 Å². The maximum absolute atomic E-state index is 14.6. The minimum atomic E-state index is -2.85. The second-order valence-corrected chi connectivity index (χ2v) is 10.9. The number of nitrogens with zero attached hydrogens (tertiary/aromatic N) is 1. The molecular weight excluding hydrogens is 484 g/mol. The number of rotatable bonds is 6. The molecule has 9 heteroatoms. The largest absolute Gasteiger partial charge is 0.481 e. The van der Waals surface area contributed by atoms with Crippen LogP contribution in [0.15, 0.2) is 22.9 Å². The van der Waals surface area contributed by atoms with E-state index in [2.05, 4.69) is 31.5 Å². The lowest BCUT2D eigenvalue weighted by Gasteiger charge is -2.42. The lowest BCUT2D eigenvalue weighted by Crippen LogP contribution is -2.51. The van der Waals surface area contributed by atoms with Gasteiger partial charge in [0, 0.05) is 5.92 Å². The fourth-order valence-corrected chi connectivity index (χ4v) is 7.61. The summed E-state index contributed by atoms with van der Waals surface area (Å²) in [6, 6.07) is 3.41. The topological polar surface area (TPSA) is 91.3 Å². The molecule has 1 unspecified atom stereocenters. The lowest BCUT2D eigenvalue weighted by molar-refractivity contribution is -0.156. The molecule has 32 heavy (non-hydrogen) atoms. The molecule has 1 saturated heterocycles. The van der Waals surface area contributed by atoms with E-state index in [1.165, 1.54) is 6.20 Å². The van der Waals surface area contributed by atoms with Crippen LogP contribution in [-0.2, 0) is 9.59 Å². The number of nitrogens with one attached hydrogen (secondary N) is 2. The number of anilines is 1. The summed E-state index contributed by atoms with van der Waals surface area (Å²) in [4.78, 5) is 30.6. The van der Waals surface area contributed by atoms with E-state index in [-0.39, 0.29) is 42.5 Å². The molecule has 6 nitrogen and oxygen atoms in total. The number of carboxylic acid groups (broad SMARTS) is 1. The van der Waals surface area contributed by atoms with Gasteiger partial charge in [-0.05, 0) is 96.8 Å². The summed E-state index contributed by atoms with van der Waals surface area (Å²) in [5.41, 5.74) is -0.782. The van der Waals surface area contributed by atoms with Crippen molar-refractivity contribution in [2.75, 3.05) is 18.4 Å². The smallest absolute Gasteiger partial charge is 0.307 e. The predicted octanol–water partition coefficient (Wildman–Crippen LogP) is 4.31. The summed E-state index contributed by atoms with van der Waals surface area (Å²) >= 11 is 3.27. The van der Waals surface area contributed by atoms with Gasteiger partial charge in [0.15, 0.2) is 0 Å². The standard InChI is InChI=1S/C23H28BrF2N3O3/c24-17-4-1-14(11-28-17)29-20(32)22(7-5-13-6-10-27-12-23(13,25)26)16-3-2-15(18(22)19(30)31)21(16)8-9-21/h1,4,11,13,15-16,18,27H,2-3,5-10,12H2,(H,29,32)(H,30,31)/t13?,15-,16+,18+,22-/m1/s1. The zero-order valence-electron chi connectivity index (χ0n) is 17.8. The SMILES string of the molecule is O=C(O)[C@@H]1[C@H]2CC[C@@H](C23CC3)[C@@]1(CCC1CCNCC1(F)F)C(=O)Nc1ccc(Br)nc1. The molecule has 5 rings (SSSR count). The predicted molar refractivity (Wildman–Crippen MR) is 117 cm³/mol. The third-order valence-corrected chi connectivity index (χ3v) is 9.28. The second kappa shape index (κ2) is 7.72. The molecule has 0 radical (unpaired) electrons. The van der Waals surface area contributed by atoms with Crippen molar-refractivity contribution >= 4 is 33.5 Å². The Labute approximate surface area is 194 Å². The zero-order valence-corrected chi connectivity index (χ0v) is 19.3. The van der Waals surface area contributed by atoms with Crippen LogP contribution in [0.4, 0.5) is 14.5 Å². The van der Waals surface area contributed by atoms with E-state index in [0.717, 1.165) is 25.7 Å². The van der Waals surface area contributed by atoms with E-state index in [4.69, 9.17) is 0 Å². The van der Waals surface area contributed by atoms with Crippen LogP contribution < -0.4 is 10.6 Å². The van der Waals surface area contributed by atoms with Crippen LogP contribution in [-0.4, -0.2) is 41.0 Å². The number of hydrogen-bond acceptors (Lipinski definition) is 4. The van der Waals surface area contributed by atoms with E-state index in [0.29, 0.717) is 23.3 Å². The first-order valence-corrected chi connectivity index (χ1v) is 12.2. The lowest BCUT2D eigenvalue weighted by atomic mass is 9.61. The minimum Gasteiger partial charge on any atom is -0.481 e. The molecule has 2 heterocycles. The normalized spacial score (nSPS) is 36.2. The summed E-state index contributed by atoms with van der Waals surface area (Å²) in [7, 11) is 0. The molecule has 0 aromatic carbocycles. The number of carbonyl (C=O) groups excluding carboxylic acids is 1. The Balaban J connectivity index is 1.49. The van der Waals surface area contributed by atoms with Crippen molar-refractivity contribution in [3.05, 3.63) is 22.9 Å². The fourth-order valence-electron chi connectivity index (χ4n) is 7.38. The number of amides is 1. The van der Waals surface area contributed by atoms with E-state index < -0.39 is 29.1 Å². The van der Waals surface area contributed by atoms with Crippen LogP contribution in [0.3, 0.4) is 0 Å². The van der Waals surface area contributed by atoms with Crippen LogP contribution >= 0.6 is 15.9 Å². The van der Waals surface area contributed by atoms with Crippen molar-refractivity contribution in [3.63, 3.8) is 0 Å². The number of hydrogen-bond donors (Lipinski definition) is 3. The van der Waals surface area contributed by atoms with E-state index in [1.54, 1.807) is 12.1 Å². The molecular formula is C23H28BrF2N3O3. The number of aromatic nitrogens is 1. The van der Waals surface area contributed by atoms with Crippen LogP contribution in [0.2, 0.25) is 0 Å². The van der Waals surface area contributed by atoms with Crippen molar-refractivity contribution < 1.29 is 23.5 Å². The number of aliphatic carboxylic acids is 1. The summed E-state index contributed by atoms with van der Waals surface area (Å²) in [5.74, 6) is -5.95. The Bertz CT molecular complexity index is 924. The van der Waals surface area contributed by atoms with Crippen LogP contribution in [0.1, 0.15) is 44.9 Å². The Morgan fingerprint density at radius 2 is 2.03 bits per heavy atom. The molecule has 1 spiro atoms. The summed E-state index contributed by atoms with van der Waals surface area (Å²) in [6.45, 7) is 0.155. The quantitative estimate of drug-likeness (QED) is 0.495. The highest BCUT2D eigenvalue weighted by atomic mass is 79.9. The number of carbonyl (C=O) groups is 2. The Morgan fingerprint density at radius 1 is 1.25 bits per heavy atom. The molecule has 3 saturated carbocycles. The highest BCUT2D eigenvalue weighted by Crippen LogP contribution is 2.79. The molecule has 1 aromatic rings. The molecule has 1 amide bonds. The van der Waals surface area contributed by atoms with E-state index in [9.17, 15) is 23.5 Å². The van der Waals surface area contributed by atoms with Gasteiger partial charge < -0.3 is 15.7 Å². The molecule has 1 aromatic heterocycles. The number of pyridine rings is 1. The summed E-state index contributed by atoms with van der Waals surface area (Å²) < 4.78 is 29.8. The first-order valence-electron chi connectivity index (χ1n) is 11.4. The summed E-state index contributed by atoms with van der Waals surface area (Å²) in [5, 5.41) is 15.9. The van der Waals surface area contributed by atoms with Gasteiger partial charge in [0.25, 0.3) is 5.92 Å². The van der Waals surface area contributed by atoms with Crippen molar-refractivity contribution in [3.8, 4) is 0 Å². The maximum Gasteiger partial charge on any atom is 0.307 e. The number of carboxylic acids is 1. The van der Waals surface area contributed by atoms with Crippen LogP contribution in [0.25, 0.3) is 0 Å². The number of halogens is 3. The molecule has 1 aliphatic heterocycles. The van der Waals surface area contributed by atoms with Crippen molar-refractivity contribution in [1.82, 2.24) is 10.3 Å². The van der Waals surface area contributed by atoms with Crippen LogP contribution in [0.5, 0.6) is 0 Å².